The Balaban J connectivity index is 1.27. The minimum atomic E-state index is -0.174. The van der Waals surface area contributed by atoms with Crippen molar-refractivity contribution in [1.82, 2.24) is 5.43 Å². The normalized spacial score (nSPS) is 14.8. The van der Waals surface area contributed by atoms with E-state index in [1.54, 1.807) is 17.6 Å². The molecule has 1 aliphatic rings. The van der Waals surface area contributed by atoms with Crippen molar-refractivity contribution < 1.29 is 14.3 Å². The SMILES string of the molecule is CC1CCc2sc(C(=O)N/N=C/c3ccc(OCc4ccccc4)c(OCc4ccccc4)c3)cc2C1. The van der Waals surface area contributed by atoms with Gasteiger partial charge in [-0.15, -0.1) is 11.3 Å². The smallest absolute Gasteiger partial charge is 0.281 e. The number of aryl methyl sites for hydroxylation is 1. The van der Waals surface area contributed by atoms with E-state index in [0.717, 1.165) is 29.5 Å². The van der Waals surface area contributed by atoms with E-state index >= 15 is 0 Å². The molecule has 5 rings (SSSR count). The number of thiophene rings is 1. The van der Waals surface area contributed by atoms with Crippen molar-refractivity contribution >= 4 is 23.5 Å². The van der Waals surface area contributed by atoms with Gasteiger partial charge in [0.1, 0.15) is 13.2 Å². The van der Waals surface area contributed by atoms with Gasteiger partial charge in [-0.1, -0.05) is 67.6 Å². The number of nitrogens with one attached hydrogen (secondary N) is 1. The number of hydrazone groups is 1. The Morgan fingerprint density at radius 3 is 2.32 bits per heavy atom. The highest BCUT2D eigenvalue weighted by atomic mass is 32.1. The molecule has 0 bridgehead atoms. The van der Waals surface area contributed by atoms with Crippen molar-refractivity contribution in [3.63, 3.8) is 0 Å². The Morgan fingerprint density at radius 2 is 1.62 bits per heavy atom. The van der Waals surface area contributed by atoms with Crippen LogP contribution in [0.1, 0.15) is 50.1 Å². The first-order chi connectivity index (χ1) is 18.1. The van der Waals surface area contributed by atoms with Crippen LogP contribution in [0.15, 0.2) is 90.0 Å². The van der Waals surface area contributed by atoms with Gasteiger partial charge in [-0.2, -0.15) is 5.10 Å². The van der Waals surface area contributed by atoms with E-state index in [1.165, 1.54) is 16.9 Å². The van der Waals surface area contributed by atoms with Crippen LogP contribution in [0.5, 0.6) is 11.5 Å². The Morgan fingerprint density at radius 1 is 0.946 bits per heavy atom. The average molecular weight is 511 g/mol. The predicted molar refractivity (Wildman–Crippen MR) is 149 cm³/mol. The predicted octanol–water partition coefficient (Wildman–Crippen LogP) is 6.79. The summed E-state index contributed by atoms with van der Waals surface area (Å²) >= 11 is 1.58. The maximum atomic E-state index is 12.7. The van der Waals surface area contributed by atoms with E-state index < -0.39 is 0 Å². The minimum Gasteiger partial charge on any atom is -0.485 e. The van der Waals surface area contributed by atoms with Gasteiger partial charge in [0.25, 0.3) is 5.91 Å². The molecule has 0 saturated carbocycles. The van der Waals surface area contributed by atoms with Gasteiger partial charge >= 0.3 is 0 Å². The summed E-state index contributed by atoms with van der Waals surface area (Å²) < 4.78 is 12.2. The molecule has 0 aliphatic heterocycles. The lowest BCUT2D eigenvalue weighted by molar-refractivity contribution is 0.0959. The molecule has 1 unspecified atom stereocenters. The number of ether oxygens (including phenoxy) is 2. The molecule has 5 nitrogen and oxygen atoms in total. The van der Waals surface area contributed by atoms with Crippen molar-refractivity contribution in [2.45, 2.75) is 39.4 Å². The number of carbonyl (C=O) groups is 1. The zero-order valence-electron chi connectivity index (χ0n) is 20.9. The second-order valence-electron chi connectivity index (χ2n) is 9.36. The maximum Gasteiger partial charge on any atom is 0.281 e. The fourth-order valence-electron chi connectivity index (χ4n) is 4.35. The highest BCUT2D eigenvalue weighted by molar-refractivity contribution is 7.14. The van der Waals surface area contributed by atoms with Crippen LogP contribution in [0, 0.1) is 5.92 Å². The van der Waals surface area contributed by atoms with E-state index in [4.69, 9.17) is 9.47 Å². The fourth-order valence-corrected chi connectivity index (χ4v) is 5.44. The summed E-state index contributed by atoms with van der Waals surface area (Å²) in [7, 11) is 0. The zero-order chi connectivity index (χ0) is 25.5. The van der Waals surface area contributed by atoms with Crippen LogP contribution in [0.3, 0.4) is 0 Å². The molecule has 1 atom stereocenters. The Hall–Kier alpha value is -3.90. The van der Waals surface area contributed by atoms with E-state index in [2.05, 4.69) is 17.5 Å². The lowest BCUT2D eigenvalue weighted by Gasteiger charge is -2.16. The second-order valence-corrected chi connectivity index (χ2v) is 10.5. The molecule has 1 heterocycles. The van der Waals surface area contributed by atoms with Gasteiger partial charge in [-0.3, -0.25) is 4.79 Å². The van der Waals surface area contributed by atoms with Crippen LogP contribution in [0.2, 0.25) is 0 Å². The van der Waals surface area contributed by atoms with Gasteiger partial charge in [0.2, 0.25) is 0 Å². The summed E-state index contributed by atoms with van der Waals surface area (Å²) in [6.07, 6.45) is 4.92. The van der Waals surface area contributed by atoms with Crippen LogP contribution in [-0.2, 0) is 26.1 Å². The number of rotatable bonds is 9. The lowest BCUT2D eigenvalue weighted by Crippen LogP contribution is -2.16. The standard InChI is InChI=1S/C31H30N2O3S/c1-22-12-15-29-26(16-22)18-30(37-29)31(34)33-32-19-25-13-14-27(35-20-23-8-4-2-5-9-23)28(17-25)36-21-24-10-6-3-7-11-24/h2-11,13-14,17-19,22H,12,15-16,20-21H2,1H3,(H,33,34)/b32-19+. The fraction of sp³-hybridized carbons (Fsp3) is 0.226. The molecule has 0 radical (unpaired) electrons. The van der Waals surface area contributed by atoms with Crippen LogP contribution >= 0.6 is 11.3 Å². The second kappa shape index (κ2) is 11.9. The summed E-state index contributed by atoms with van der Waals surface area (Å²) in [5.41, 5.74) is 6.93. The number of benzene rings is 3. The van der Waals surface area contributed by atoms with Crippen LogP contribution in [-0.4, -0.2) is 12.1 Å². The van der Waals surface area contributed by atoms with E-state index in [1.807, 2.05) is 84.9 Å². The molecule has 0 saturated heterocycles. The van der Waals surface area contributed by atoms with Crippen molar-refractivity contribution in [2.24, 2.45) is 11.0 Å². The maximum absolute atomic E-state index is 12.7. The van der Waals surface area contributed by atoms with Gasteiger partial charge in [-0.25, -0.2) is 5.43 Å². The number of hydrogen-bond acceptors (Lipinski definition) is 5. The molecule has 0 fully saturated rings. The quantitative estimate of drug-likeness (QED) is 0.199. The third-order valence-electron chi connectivity index (χ3n) is 6.37. The number of amides is 1. The lowest BCUT2D eigenvalue weighted by atomic mass is 9.90. The molecule has 1 aliphatic carbocycles. The Bertz CT molecular complexity index is 1370. The van der Waals surface area contributed by atoms with Gasteiger partial charge in [-0.05, 0) is 71.7 Å². The van der Waals surface area contributed by atoms with Crippen molar-refractivity contribution in [3.8, 4) is 11.5 Å². The van der Waals surface area contributed by atoms with Crippen LogP contribution in [0.25, 0.3) is 0 Å². The molecule has 0 spiro atoms. The highest BCUT2D eigenvalue weighted by Crippen LogP contribution is 2.32. The molecule has 37 heavy (non-hydrogen) atoms. The van der Waals surface area contributed by atoms with Crippen LogP contribution < -0.4 is 14.9 Å². The molecule has 1 amide bonds. The molecule has 3 aromatic carbocycles. The molecule has 1 aromatic heterocycles. The Kier molecular flexibility index (Phi) is 7.96. The number of nitrogens with zero attached hydrogens (tertiary/aromatic N) is 1. The summed E-state index contributed by atoms with van der Waals surface area (Å²) in [6, 6.07) is 27.7. The topological polar surface area (TPSA) is 59.9 Å². The number of carbonyl (C=O) groups excluding carboxylic acids is 1. The number of fused-ring (bicyclic) bond motifs is 1. The molecule has 188 valence electrons. The van der Waals surface area contributed by atoms with Crippen LogP contribution in [0.4, 0.5) is 0 Å². The van der Waals surface area contributed by atoms with Crippen molar-refractivity contribution in [2.75, 3.05) is 0 Å². The van der Waals surface area contributed by atoms with Gasteiger partial charge in [0, 0.05) is 4.88 Å². The first-order valence-corrected chi connectivity index (χ1v) is 13.4. The summed E-state index contributed by atoms with van der Waals surface area (Å²) in [5.74, 6) is 1.77. The first kappa shape index (κ1) is 24.8. The van der Waals surface area contributed by atoms with E-state index in [0.29, 0.717) is 35.5 Å². The Labute approximate surface area is 221 Å². The van der Waals surface area contributed by atoms with Crippen molar-refractivity contribution in [1.29, 1.82) is 0 Å². The highest BCUT2D eigenvalue weighted by Gasteiger charge is 2.20. The van der Waals surface area contributed by atoms with Gasteiger partial charge < -0.3 is 9.47 Å². The summed E-state index contributed by atoms with van der Waals surface area (Å²) in [6.45, 7) is 3.12. The molecule has 6 heteroatoms. The zero-order valence-corrected chi connectivity index (χ0v) is 21.7. The molecular formula is C31H30N2O3S. The molecule has 4 aromatic rings. The minimum absolute atomic E-state index is 0.174. The monoisotopic (exact) mass is 510 g/mol. The summed E-state index contributed by atoms with van der Waals surface area (Å²) in [5, 5.41) is 4.21. The molecule has 1 N–H and O–H groups in total. The number of hydrogen-bond donors (Lipinski definition) is 1. The average Bonchev–Trinajstić information content (AvgIpc) is 3.36. The van der Waals surface area contributed by atoms with E-state index in [9.17, 15) is 4.79 Å². The summed E-state index contributed by atoms with van der Waals surface area (Å²) in [4.78, 5) is 14.7. The van der Waals surface area contributed by atoms with Gasteiger partial charge in [0.15, 0.2) is 11.5 Å². The van der Waals surface area contributed by atoms with Gasteiger partial charge in [0.05, 0.1) is 11.1 Å². The molecular weight excluding hydrogens is 480 g/mol. The van der Waals surface area contributed by atoms with Crippen molar-refractivity contribution in [3.05, 3.63) is 117 Å². The third kappa shape index (κ3) is 6.66. The van der Waals surface area contributed by atoms with E-state index in [-0.39, 0.29) is 5.91 Å². The third-order valence-corrected chi connectivity index (χ3v) is 7.61. The largest absolute Gasteiger partial charge is 0.485 e. The first-order valence-electron chi connectivity index (χ1n) is 12.6.